The molecule has 0 aromatic heterocycles. The first-order chi connectivity index (χ1) is 10.6. The van der Waals surface area contributed by atoms with Gasteiger partial charge in [-0.1, -0.05) is 12.1 Å². The Balaban J connectivity index is 1.91. The van der Waals surface area contributed by atoms with Crippen LogP contribution in [0.1, 0.15) is 34.8 Å². The largest absolute Gasteiger partial charge is 0.508 e. The Morgan fingerprint density at radius 1 is 1.18 bits per heavy atom. The Labute approximate surface area is 127 Å². The van der Waals surface area contributed by atoms with Crippen LogP contribution in [0.5, 0.6) is 11.5 Å². The van der Waals surface area contributed by atoms with Crippen LogP contribution in [0.4, 0.5) is 4.39 Å². The Morgan fingerprint density at radius 2 is 2.00 bits per heavy atom. The van der Waals surface area contributed by atoms with E-state index in [0.717, 1.165) is 24.5 Å². The normalized spacial score (nSPS) is 17.7. The second-order valence-corrected chi connectivity index (χ2v) is 5.41. The molecule has 0 aliphatic carbocycles. The highest BCUT2D eigenvalue weighted by Crippen LogP contribution is 2.35. The minimum Gasteiger partial charge on any atom is -0.508 e. The van der Waals surface area contributed by atoms with Crippen molar-refractivity contribution in [2.24, 2.45) is 0 Å². The van der Waals surface area contributed by atoms with Gasteiger partial charge in [-0.3, -0.25) is 4.79 Å². The molecule has 22 heavy (non-hydrogen) atoms. The van der Waals surface area contributed by atoms with Crippen molar-refractivity contribution in [3.63, 3.8) is 0 Å². The fourth-order valence-corrected chi connectivity index (χ4v) is 2.93. The summed E-state index contributed by atoms with van der Waals surface area (Å²) in [5, 5.41) is 19.2. The van der Waals surface area contributed by atoms with E-state index in [-0.39, 0.29) is 34.8 Å². The quantitative estimate of drug-likeness (QED) is 0.895. The van der Waals surface area contributed by atoms with Gasteiger partial charge >= 0.3 is 0 Å². The van der Waals surface area contributed by atoms with E-state index in [1.165, 1.54) is 24.3 Å². The molecule has 2 aromatic rings. The molecule has 4 nitrogen and oxygen atoms in total. The van der Waals surface area contributed by atoms with E-state index in [0.29, 0.717) is 6.54 Å². The van der Waals surface area contributed by atoms with Gasteiger partial charge in [-0.05, 0) is 42.7 Å². The minimum atomic E-state index is -0.329. The molecule has 1 saturated heterocycles. The van der Waals surface area contributed by atoms with Crippen LogP contribution in [-0.2, 0) is 0 Å². The number of benzene rings is 2. The molecular weight excluding hydrogens is 285 g/mol. The van der Waals surface area contributed by atoms with Crippen LogP contribution < -0.4 is 0 Å². The van der Waals surface area contributed by atoms with Gasteiger partial charge < -0.3 is 15.1 Å². The van der Waals surface area contributed by atoms with Crippen molar-refractivity contribution >= 4 is 5.91 Å². The van der Waals surface area contributed by atoms with Crippen molar-refractivity contribution in [1.29, 1.82) is 0 Å². The summed E-state index contributed by atoms with van der Waals surface area (Å²) in [6.07, 6.45) is 1.58. The molecule has 1 fully saturated rings. The van der Waals surface area contributed by atoms with E-state index in [9.17, 15) is 19.4 Å². The van der Waals surface area contributed by atoms with Gasteiger partial charge in [-0.2, -0.15) is 0 Å². The standard InChI is InChI=1S/C17H16FNO3/c18-12-4-1-3-11(9-12)15-5-2-8-19(15)17(22)14-7-6-13(20)10-16(14)21/h1,3-4,6-7,9-10,15,20-21H,2,5,8H2. The molecule has 2 N–H and O–H groups in total. The molecular formula is C17H16FNO3. The second kappa shape index (κ2) is 5.67. The van der Waals surface area contributed by atoms with E-state index in [2.05, 4.69) is 0 Å². The Hall–Kier alpha value is -2.56. The highest BCUT2D eigenvalue weighted by Gasteiger charge is 2.31. The summed E-state index contributed by atoms with van der Waals surface area (Å²) in [5.41, 5.74) is 0.894. The lowest BCUT2D eigenvalue weighted by Crippen LogP contribution is -2.30. The van der Waals surface area contributed by atoms with Gasteiger partial charge in [0.25, 0.3) is 5.91 Å². The predicted molar refractivity (Wildman–Crippen MR) is 79.2 cm³/mol. The number of phenolic OH excluding ortho intramolecular Hbond substituents is 2. The van der Waals surface area contributed by atoms with Gasteiger partial charge in [0.1, 0.15) is 17.3 Å². The lowest BCUT2D eigenvalue weighted by atomic mass is 10.0. The van der Waals surface area contributed by atoms with Crippen LogP contribution in [0.3, 0.4) is 0 Å². The Bertz CT molecular complexity index is 717. The second-order valence-electron chi connectivity index (χ2n) is 5.41. The van der Waals surface area contributed by atoms with Gasteiger partial charge in [0, 0.05) is 12.6 Å². The topological polar surface area (TPSA) is 60.8 Å². The molecule has 3 rings (SSSR count). The molecule has 0 radical (unpaired) electrons. The molecule has 0 saturated carbocycles. The number of phenols is 2. The smallest absolute Gasteiger partial charge is 0.258 e. The summed E-state index contributed by atoms with van der Waals surface area (Å²) in [6, 6.07) is 9.94. The van der Waals surface area contributed by atoms with E-state index >= 15 is 0 Å². The monoisotopic (exact) mass is 301 g/mol. The molecule has 114 valence electrons. The van der Waals surface area contributed by atoms with Crippen molar-refractivity contribution < 1.29 is 19.4 Å². The molecule has 1 heterocycles. The average Bonchev–Trinajstić information content (AvgIpc) is 2.96. The van der Waals surface area contributed by atoms with Crippen LogP contribution in [0.25, 0.3) is 0 Å². The summed E-state index contributed by atoms with van der Waals surface area (Å²) in [4.78, 5) is 14.3. The molecule has 0 bridgehead atoms. The SMILES string of the molecule is O=C(c1ccc(O)cc1O)N1CCCC1c1cccc(F)c1. The predicted octanol–water partition coefficient (Wildman–Crippen LogP) is 3.21. The maximum Gasteiger partial charge on any atom is 0.258 e. The molecule has 1 atom stereocenters. The zero-order valence-electron chi connectivity index (χ0n) is 11.9. The lowest BCUT2D eigenvalue weighted by molar-refractivity contribution is 0.0732. The number of aromatic hydroxyl groups is 2. The number of halogens is 1. The summed E-state index contributed by atoms with van der Waals surface area (Å²) >= 11 is 0. The van der Waals surface area contributed by atoms with Crippen LogP contribution in [-0.4, -0.2) is 27.6 Å². The molecule has 1 aliphatic heterocycles. The number of likely N-dealkylation sites (tertiary alicyclic amines) is 1. The van der Waals surface area contributed by atoms with Gasteiger partial charge in [0.2, 0.25) is 0 Å². The summed E-state index contributed by atoms with van der Waals surface area (Å²) < 4.78 is 13.4. The maximum absolute atomic E-state index is 13.4. The number of hydrogen-bond acceptors (Lipinski definition) is 3. The first-order valence-electron chi connectivity index (χ1n) is 7.14. The van der Waals surface area contributed by atoms with Gasteiger partial charge in [0.15, 0.2) is 0 Å². The Kier molecular flexibility index (Phi) is 3.71. The fourth-order valence-electron chi connectivity index (χ4n) is 2.93. The summed E-state index contributed by atoms with van der Waals surface area (Å²) in [7, 11) is 0. The van der Waals surface area contributed by atoms with Gasteiger partial charge in [-0.15, -0.1) is 0 Å². The van der Waals surface area contributed by atoms with Crippen LogP contribution >= 0.6 is 0 Å². The van der Waals surface area contributed by atoms with Crippen molar-refractivity contribution in [1.82, 2.24) is 4.90 Å². The molecule has 1 unspecified atom stereocenters. The number of hydrogen-bond donors (Lipinski definition) is 2. The van der Waals surface area contributed by atoms with Gasteiger partial charge in [-0.25, -0.2) is 4.39 Å². The Morgan fingerprint density at radius 3 is 2.73 bits per heavy atom. The van der Waals surface area contributed by atoms with E-state index < -0.39 is 0 Å². The number of nitrogens with zero attached hydrogens (tertiary/aromatic N) is 1. The zero-order chi connectivity index (χ0) is 15.7. The average molecular weight is 301 g/mol. The van der Waals surface area contributed by atoms with Crippen LogP contribution in [0, 0.1) is 5.82 Å². The van der Waals surface area contributed by atoms with Crippen molar-refractivity contribution in [3.8, 4) is 11.5 Å². The molecule has 5 heteroatoms. The third kappa shape index (κ3) is 2.62. The summed E-state index contributed by atoms with van der Waals surface area (Å²) in [5.74, 6) is -0.999. The first kappa shape index (κ1) is 14.4. The fraction of sp³-hybridized carbons (Fsp3) is 0.235. The van der Waals surface area contributed by atoms with Crippen LogP contribution in [0.2, 0.25) is 0 Å². The molecule has 1 amide bonds. The highest BCUT2D eigenvalue weighted by atomic mass is 19.1. The van der Waals surface area contributed by atoms with Gasteiger partial charge in [0.05, 0.1) is 11.6 Å². The van der Waals surface area contributed by atoms with Crippen molar-refractivity contribution in [2.45, 2.75) is 18.9 Å². The van der Waals surface area contributed by atoms with Crippen molar-refractivity contribution in [2.75, 3.05) is 6.54 Å². The number of amides is 1. The minimum absolute atomic E-state index is 0.0999. The molecule has 2 aromatic carbocycles. The zero-order valence-corrected chi connectivity index (χ0v) is 11.9. The number of carbonyl (C=O) groups excluding carboxylic acids is 1. The molecule has 1 aliphatic rings. The highest BCUT2D eigenvalue weighted by molar-refractivity contribution is 5.97. The lowest BCUT2D eigenvalue weighted by Gasteiger charge is -2.25. The number of carbonyl (C=O) groups is 1. The van der Waals surface area contributed by atoms with Crippen molar-refractivity contribution in [3.05, 3.63) is 59.4 Å². The molecule has 0 spiro atoms. The third-order valence-corrected chi connectivity index (χ3v) is 3.96. The maximum atomic E-state index is 13.4. The number of rotatable bonds is 2. The summed E-state index contributed by atoms with van der Waals surface area (Å²) in [6.45, 7) is 0.556. The van der Waals surface area contributed by atoms with Crippen LogP contribution in [0.15, 0.2) is 42.5 Å². The van der Waals surface area contributed by atoms with E-state index in [1.54, 1.807) is 17.0 Å². The first-order valence-corrected chi connectivity index (χ1v) is 7.14. The third-order valence-electron chi connectivity index (χ3n) is 3.96. The van der Waals surface area contributed by atoms with E-state index in [4.69, 9.17) is 0 Å². The van der Waals surface area contributed by atoms with E-state index in [1.807, 2.05) is 0 Å².